The minimum atomic E-state index is 0.127. The van der Waals surface area contributed by atoms with Crippen LogP contribution in [0.5, 0.6) is 5.75 Å². The third-order valence-corrected chi connectivity index (χ3v) is 3.95. The average molecular weight is 313 g/mol. The molecule has 2 atom stereocenters. The number of likely N-dealkylation sites (N-methyl/N-ethyl adjacent to an activating group) is 1. The molecule has 0 radical (unpaired) electrons. The van der Waals surface area contributed by atoms with Crippen molar-refractivity contribution in [3.8, 4) is 5.75 Å². The van der Waals surface area contributed by atoms with Crippen LogP contribution in [0.3, 0.4) is 0 Å². The molecule has 0 spiro atoms. The smallest absolute Gasteiger partial charge is 0.124 e. The lowest BCUT2D eigenvalue weighted by atomic mass is 10.1. The van der Waals surface area contributed by atoms with E-state index in [0.717, 1.165) is 42.6 Å². The van der Waals surface area contributed by atoms with Crippen molar-refractivity contribution in [3.05, 3.63) is 28.8 Å². The Kier molecular flexibility index (Phi) is 6.30. The van der Waals surface area contributed by atoms with Crippen molar-refractivity contribution in [2.24, 2.45) is 0 Å². The molecule has 0 aromatic heterocycles. The van der Waals surface area contributed by atoms with E-state index in [0.29, 0.717) is 6.61 Å². The number of nitrogens with zero attached hydrogens (tertiary/aromatic N) is 1. The van der Waals surface area contributed by atoms with Crippen molar-refractivity contribution >= 4 is 11.6 Å². The maximum atomic E-state index is 6.11. The van der Waals surface area contributed by atoms with Gasteiger partial charge in [-0.25, -0.2) is 0 Å². The molecule has 1 aliphatic rings. The highest BCUT2D eigenvalue weighted by molar-refractivity contribution is 6.30. The Balaban J connectivity index is 2.01. The van der Waals surface area contributed by atoms with Crippen LogP contribution < -0.4 is 10.1 Å². The standard InChI is InChI=1S/C16H25ClN2O2/c1-4-18-12(2)15-9-13(17)5-6-16(15)21-11-14-10-19(3)7-8-20-14/h5-6,9,12,14,18H,4,7-8,10-11H2,1-3H3. The molecule has 0 aliphatic carbocycles. The molecule has 2 unspecified atom stereocenters. The van der Waals surface area contributed by atoms with Crippen molar-refractivity contribution in [1.82, 2.24) is 10.2 Å². The Morgan fingerprint density at radius 2 is 2.33 bits per heavy atom. The summed E-state index contributed by atoms with van der Waals surface area (Å²) in [5.74, 6) is 0.879. The van der Waals surface area contributed by atoms with Gasteiger partial charge in [0.05, 0.1) is 6.61 Å². The fourth-order valence-corrected chi connectivity index (χ4v) is 2.74. The molecule has 5 heteroatoms. The van der Waals surface area contributed by atoms with Crippen molar-refractivity contribution < 1.29 is 9.47 Å². The molecule has 1 aromatic carbocycles. The molecule has 0 saturated carbocycles. The Morgan fingerprint density at radius 1 is 1.52 bits per heavy atom. The minimum Gasteiger partial charge on any atom is -0.490 e. The molecule has 1 aromatic rings. The molecule has 1 saturated heterocycles. The zero-order chi connectivity index (χ0) is 15.2. The van der Waals surface area contributed by atoms with Gasteiger partial charge in [0.1, 0.15) is 18.5 Å². The molecule has 1 aliphatic heterocycles. The molecule has 2 rings (SSSR count). The van der Waals surface area contributed by atoms with Crippen molar-refractivity contribution in [1.29, 1.82) is 0 Å². The molecule has 1 fully saturated rings. The molecular formula is C16H25ClN2O2. The quantitative estimate of drug-likeness (QED) is 0.876. The summed E-state index contributed by atoms with van der Waals surface area (Å²) in [6.07, 6.45) is 0.127. The van der Waals surface area contributed by atoms with Crippen molar-refractivity contribution in [3.63, 3.8) is 0 Å². The summed E-state index contributed by atoms with van der Waals surface area (Å²) in [5, 5.41) is 4.13. The molecule has 4 nitrogen and oxygen atoms in total. The Bertz CT molecular complexity index is 456. The first-order chi connectivity index (χ1) is 10.1. The number of hydrogen-bond donors (Lipinski definition) is 1. The lowest BCUT2D eigenvalue weighted by Gasteiger charge is -2.30. The number of hydrogen-bond acceptors (Lipinski definition) is 4. The molecule has 1 N–H and O–H groups in total. The number of benzene rings is 1. The fraction of sp³-hybridized carbons (Fsp3) is 0.625. The van der Waals surface area contributed by atoms with Crippen LogP contribution in [-0.4, -0.2) is 50.9 Å². The summed E-state index contributed by atoms with van der Waals surface area (Å²) >= 11 is 6.11. The van der Waals surface area contributed by atoms with E-state index in [4.69, 9.17) is 21.1 Å². The van der Waals surface area contributed by atoms with Gasteiger partial charge in [0.15, 0.2) is 0 Å². The number of rotatable bonds is 6. The predicted octanol–water partition coefficient (Wildman–Crippen LogP) is 2.72. The summed E-state index contributed by atoms with van der Waals surface area (Å²) in [4.78, 5) is 2.27. The number of halogens is 1. The van der Waals surface area contributed by atoms with E-state index < -0.39 is 0 Å². The molecule has 1 heterocycles. The maximum Gasteiger partial charge on any atom is 0.124 e. The van der Waals surface area contributed by atoms with Crippen LogP contribution in [0.4, 0.5) is 0 Å². The SMILES string of the molecule is CCNC(C)c1cc(Cl)ccc1OCC1CN(C)CCO1. The second kappa shape index (κ2) is 7.99. The van der Waals surface area contributed by atoms with Gasteiger partial charge >= 0.3 is 0 Å². The number of nitrogens with one attached hydrogen (secondary N) is 1. The van der Waals surface area contributed by atoms with Gasteiger partial charge < -0.3 is 19.7 Å². The van der Waals surface area contributed by atoms with Crippen LogP contribution in [0, 0.1) is 0 Å². The van der Waals surface area contributed by atoms with E-state index in [1.807, 2.05) is 18.2 Å². The van der Waals surface area contributed by atoms with Crippen LogP contribution in [0.15, 0.2) is 18.2 Å². The first-order valence-electron chi connectivity index (χ1n) is 7.56. The van der Waals surface area contributed by atoms with Gasteiger partial charge in [-0.3, -0.25) is 0 Å². The first-order valence-corrected chi connectivity index (χ1v) is 7.93. The van der Waals surface area contributed by atoms with E-state index in [9.17, 15) is 0 Å². The molecule has 118 valence electrons. The Labute approximate surface area is 132 Å². The summed E-state index contributed by atoms with van der Waals surface area (Å²) in [6, 6.07) is 5.99. The van der Waals surface area contributed by atoms with Gasteiger partial charge in [0.2, 0.25) is 0 Å². The Morgan fingerprint density at radius 3 is 3.05 bits per heavy atom. The average Bonchev–Trinajstić information content (AvgIpc) is 2.46. The van der Waals surface area contributed by atoms with Gasteiger partial charge in [-0.05, 0) is 38.7 Å². The van der Waals surface area contributed by atoms with E-state index in [2.05, 4.69) is 31.1 Å². The topological polar surface area (TPSA) is 33.7 Å². The van der Waals surface area contributed by atoms with Gasteiger partial charge in [-0.15, -0.1) is 0 Å². The highest BCUT2D eigenvalue weighted by Gasteiger charge is 2.19. The van der Waals surface area contributed by atoms with Crippen LogP contribution in [0.2, 0.25) is 5.02 Å². The highest BCUT2D eigenvalue weighted by atomic mass is 35.5. The first kappa shape index (κ1) is 16.6. The summed E-state index contributed by atoms with van der Waals surface area (Å²) in [5.41, 5.74) is 1.09. The van der Waals surface area contributed by atoms with E-state index in [1.54, 1.807) is 0 Å². The highest BCUT2D eigenvalue weighted by Crippen LogP contribution is 2.28. The van der Waals surface area contributed by atoms with Crippen LogP contribution >= 0.6 is 11.6 Å². The third kappa shape index (κ3) is 4.85. The van der Waals surface area contributed by atoms with Crippen LogP contribution in [0.1, 0.15) is 25.5 Å². The minimum absolute atomic E-state index is 0.127. The number of morpholine rings is 1. The summed E-state index contributed by atoms with van der Waals surface area (Å²) < 4.78 is 11.7. The van der Waals surface area contributed by atoms with Gasteiger partial charge in [-0.2, -0.15) is 0 Å². The van der Waals surface area contributed by atoms with Crippen LogP contribution in [-0.2, 0) is 4.74 Å². The van der Waals surface area contributed by atoms with Crippen LogP contribution in [0.25, 0.3) is 0 Å². The monoisotopic (exact) mass is 312 g/mol. The van der Waals surface area contributed by atoms with Crippen molar-refractivity contribution in [2.45, 2.75) is 26.0 Å². The maximum absolute atomic E-state index is 6.11. The zero-order valence-electron chi connectivity index (χ0n) is 13.1. The zero-order valence-corrected chi connectivity index (χ0v) is 13.8. The Hall–Kier alpha value is -0.810. The van der Waals surface area contributed by atoms with Crippen molar-refractivity contribution in [2.75, 3.05) is 39.9 Å². The van der Waals surface area contributed by atoms with Gasteiger partial charge in [-0.1, -0.05) is 18.5 Å². The van der Waals surface area contributed by atoms with Gasteiger partial charge in [0.25, 0.3) is 0 Å². The molecule has 21 heavy (non-hydrogen) atoms. The second-order valence-corrected chi connectivity index (χ2v) is 5.96. The fourth-order valence-electron chi connectivity index (χ4n) is 2.56. The van der Waals surface area contributed by atoms with Gasteiger partial charge in [0, 0.05) is 29.7 Å². The second-order valence-electron chi connectivity index (χ2n) is 5.53. The predicted molar refractivity (Wildman–Crippen MR) is 86.3 cm³/mol. The summed E-state index contributed by atoms with van der Waals surface area (Å²) in [7, 11) is 2.11. The lowest BCUT2D eigenvalue weighted by Crippen LogP contribution is -2.42. The lowest BCUT2D eigenvalue weighted by molar-refractivity contribution is -0.0405. The summed E-state index contributed by atoms with van der Waals surface area (Å²) in [6.45, 7) is 8.35. The number of ether oxygens (including phenoxy) is 2. The molecular weight excluding hydrogens is 288 g/mol. The largest absolute Gasteiger partial charge is 0.490 e. The van der Waals surface area contributed by atoms with E-state index >= 15 is 0 Å². The third-order valence-electron chi connectivity index (χ3n) is 3.72. The van der Waals surface area contributed by atoms with E-state index in [-0.39, 0.29) is 12.1 Å². The molecule has 0 bridgehead atoms. The van der Waals surface area contributed by atoms with E-state index in [1.165, 1.54) is 0 Å². The normalized spacial score (nSPS) is 21.2. The molecule has 0 amide bonds.